The third-order valence-electron chi connectivity index (χ3n) is 3.66. The summed E-state index contributed by atoms with van der Waals surface area (Å²) in [4.78, 5) is 23.8. The van der Waals surface area contributed by atoms with Crippen LogP contribution in [-0.4, -0.2) is 11.8 Å². The number of primary amides is 1. The van der Waals surface area contributed by atoms with Gasteiger partial charge in [-0.3, -0.25) is 9.59 Å². The second-order valence-corrected chi connectivity index (χ2v) is 5.28. The SMILES string of the molecule is NC(=O)Cc1ccccc1C(=O)Nc1cccc2ccccc12. The number of hydrogen-bond donors (Lipinski definition) is 2. The number of hydrogen-bond acceptors (Lipinski definition) is 2. The fourth-order valence-electron chi connectivity index (χ4n) is 2.61. The average Bonchev–Trinajstić information content (AvgIpc) is 2.55. The van der Waals surface area contributed by atoms with Crippen molar-refractivity contribution in [2.75, 3.05) is 5.32 Å². The minimum absolute atomic E-state index is 0.0408. The fourth-order valence-corrected chi connectivity index (χ4v) is 2.61. The van der Waals surface area contributed by atoms with E-state index in [1.807, 2.05) is 42.5 Å². The molecule has 0 aliphatic heterocycles. The van der Waals surface area contributed by atoms with Gasteiger partial charge in [0.25, 0.3) is 5.91 Å². The lowest BCUT2D eigenvalue weighted by Gasteiger charge is -2.11. The van der Waals surface area contributed by atoms with Crippen molar-refractivity contribution in [3.63, 3.8) is 0 Å². The lowest BCUT2D eigenvalue weighted by molar-refractivity contribution is -0.117. The lowest BCUT2D eigenvalue weighted by Crippen LogP contribution is -2.19. The van der Waals surface area contributed by atoms with E-state index in [9.17, 15) is 9.59 Å². The van der Waals surface area contributed by atoms with E-state index < -0.39 is 5.91 Å². The largest absolute Gasteiger partial charge is 0.369 e. The van der Waals surface area contributed by atoms with Gasteiger partial charge in [-0.1, -0.05) is 54.6 Å². The summed E-state index contributed by atoms with van der Waals surface area (Å²) in [5, 5.41) is 4.94. The number of nitrogens with one attached hydrogen (secondary N) is 1. The van der Waals surface area contributed by atoms with Crippen LogP contribution < -0.4 is 11.1 Å². The number of nitrogens with two attached hydrogens (primary N) is 1. The summed E-state index contributed by atoms with van der Waals surface area (Å²) >= 11 is 0. The first-order chi connectivity index (χ1) is 11.1. The number of rotatable bonds is 4. The molecule has 114 valence electrons. The molecule has 0 heterocycles. The first-order valence-electron chi connectivity index (χ1n) is 7.30. The van der Waals surface area contributed by atoms with E-state index in [0.29, 0.717) is 11.1 Å². The molecule has 4 nitrogen and oxygen atoms in total. The topological polar surface area (TPSA) is 72.2 Å². The van der Waals surface area contributed by atoms with Gasteiger partial charge in [0, 0.05) is 16.6 Å². The Morgan fingerprint density at radius 3 is 2.39 bits per heavy atom. The summed E-state index contributed by atoms with van der Waals surface area (Å²) in [6, 6.07) is 20.6. The van der Waals surface area contributed by atoms with Gasteiger partial charge >= 0.3 is 0 Å². The Balaban J connectivity index is 1.94. The molecule has 0 saturated heterocycles. The Kier molecular flexibility index (Phi) is 4.06. The number of amides is 2. The van der Waals surface area contributed by atoms with E-state index in [1.165, 1.54) is 0 Å². The molecule has 0 atom stereocenters. The molecule has 2 amide bonds. The zero-order valence-electron chi connectivity index (χ0n) is 12.5. The highest BCUT2D eigenvalue weighted by Crippen LogP contribution is 2.24. The molecule has 0 unspecified atom stereocenters. The highest BCUT2D eigenvalue weighted by molar-refractivity contribution is 6.10. The molecule has 0 aliphatic carbocycles. The summed E-state index contributed by atoms with van der Waals surface area (Å²) in [5.74, 6) is -0.714. The van der Waals surface area contributed by atoms with Gasteiger partial charge < -0.3 is 11.1 Å². The molecular formula is C19H16N2O2. The first-order valence-corrected chi connectivity index (χ1v) is 7.30. The van der Waals surface area contributed by atoms with Crippen molar-refractivity contribution < 1.29 is 9.59 Å². The zero-order valence-corrected chi connectivity index (χ0v) is 12.5. The van der Waals surface area contributed by atoms with Crippen molar-refractivity contribution in [2.45, 2.75) is 6.42 Å². The Bertz CT molecular complexity index is 882. The number of anilines is 1. The molecule has 0 radical (unpaired) electrons. The van der Waals surface area contributed by atoms with Crippen LogP contribution >= 0.6 is 0 Å². The maximum Gasteiger partial charge on any atom is 0.255 e. The van der Waals surface area contributed by atoms with Gasteiger partial charge in [0.1, 0.15) is 0 Å². The lowest BCUT2D eigenvalue weighted by atomic mass is 10.0. The normalized spacial score (nSPS) is 10.4. The second kappa shape index (κ2) is 6.32. The highest BCUT2D eigenvalue weighted by atomic mass is 16.2. The summed E-state index contributed by atoms with van der Waals surface area (Å²) in [5.41, 5.74) is 7.07. The summed E-state index contributed by atoms with van der Waals surface area (Å²) < 4.78 is 0. The maximum atomic E-state index is 12.6. The third kappa shape index (κ3) is 3.21. The quantitative estimate of drug-likeness (QED) is 0.777. The predicted octanol–water partition coefficient (Wildman–Crippen LogP) is 3.12. The third-order valence-corrected chi connectivity index (χ3v) is 3.66. The molecule has 0 saturated carbocycles. The van der Waals surface area contributed by atoms with Crippen molar-refractivity contribution in [1.82, 2.24) is 0 Å². The van der Waals surface area contributed by atoms with E-state index in [1.54, 1.807) is 24.3 Å². The predicted molar refractivity (Wildman–Crippen MR) is 91.2 cm³/mol. The van der Waals surface area contributed by atoms with E-state index in [0.717, 1.165) is 16.5 Å². The molecular weight excluding hydrogens is 288 g/mol. The highest BCUT2D eigenvalue weighted by Gasteiger charge is 2.13. The summed E-state index contributed by atoms with van der Waals surface area (Å²) in [6.07, 6.45) is 0.0408. The van der Waals surface area contributed by atoms with Crippen LogP contribution in [0.15, 0.2) is 66.7 Å². The Hall–Kier alpha value is -3.14. The number of fused-ring (bicyclic) bond motifs is 1. The molecule has 0 fully saturated rings. The summed E-state index contributed by atoms with van der Waals surface area (Å²) in [7, 11) is 0. The summed E-state index contributed by atoms with van der Waals surface area (Å²) in [6.45, 7) is 0. The molecule has 3 rings (SSSR count). The van der Waals surface area contributed by atoms with Crippen molar-refractivity contribution in [1.29, 1.82) is 0 Å². The van der Waals surface area contributed by atoms with Crippen molar-refractivity contribution >= 4 is 28.3 Å². The van der Waals surface area contributed by atoms with E-state index in [-0.39, 0.29) is 12.3 Å². The monoisotopic (exact) mass is 304 g/mol. The molecule has 3 aromatic carbocycles. The van der Waals surface area contributed by atoms with Crippen molar-refractivity contribution in [3.8, 4) is 0 Å². The van der Waals surface area contributed by atoms with E-state index in [2.05, 4.69) is 5.32 Å². The molecule has 0 aromatic heterocycles. The standard InChI is InChI=1S/C19H16N2O2/c20-18(22)12-14-7-2-4-10-16(14)19(23)21-17-11-5-8-13-6-1-3-9-15(13)17/h1-11H,12H2,(H2,20,22)(H,21,23). The minimum Gasteiger partial charge on any atom is -0.369 e. The Morgan fingerprint density at radius 2 is 1.57 bits per heavy atom. The molecule has 3 N–H and O–H groups in total. The fraction of sp³-hybridized carbons (Fsp3) is 0.0526. The van der Waals surface area contributed by atoms with Gasteiger partial charge in [-0.15, -0.1) is 0 Å². The number of carbonyl (C=O) groups excluding carboxylic acids is 2. The zero-order chi connectivity index (χ0) is 16.2. The molecule has 0 aliphatic rings. The Labute approximate surface area is 133 Å². The van der Waals surface area contributed by atoms with Crippen LogP contribution in [0.2, 0.25) is 0 Å². The van der Waals surface area contributed by atoms with Crippen LogP contribution in [0.1, 0.15) is 15.9 Å². The molecule has 0 bridgehead atoms. The molecule has 23 heavy (non-hydrogen) atoms. The number of benzene rings is 3. The van der Waals surface area contributed by atoms with Crippen LogP contribution in [0, 0.1) is 0 Å². The van der Waals surface area contributed by atoms with Crippen molar-refractivity contribution in [2.24, 2.45) is 5.73 Å². The van der Waals surface area contributed by atoms with Gasteiger partial charge in [0.15, 0.2) is 0 Å². The first kappa shape index (κ1) is 14.8. The Morgan fingerprint density at radius 1 is 0.870 bits per heavy atom. The van der Waals surface area contributed by atoms with Crippen LogP contribution in [0.5, 0.6) is 0 Å². The van der Waals surface area contributed by atoms with E-state index >= 15 is 0 Å². The van der Waals surface area contributed by atoms with Gasteiger partial charge in [-0.25, -0.2) is 0 Å². The van der Waals surface area contributed by atoms with Crippen molar-refractivity contribution in [3.05, 3.63) is 77.9 Å². The van der Waals surface area contributed by atoms with Crippen LogP contribution in [-0.2, 0) is 11.2 Å². The van der Waals surface area contributed by atoms with Crippen LogP contribution in [0.25, 0.3) is 10.8 Å². The smallest absolute Gasteiger partial charge is 0.255 e. The maximum absolute atomic E-state index is 12.6. The molecule has 0 spiro atoms. The minimum atomic E-state index is -0.463. The van der Waals surface area contributed by atoms with E-state index in [4.69, 9.17) is 5.73 Å². The van der Waals surface area contributed by atoms with Gasteiger partial charge in [0.2, 0.25) is 5.91 Å². The number of carbonyl (C=O) groups is 2. The molecule has 4 heteroatoms. The van der Waals surface area contributed by atoms with Gasteiger partial charge in [-0.05, 0) is 23.1 Å². The van der Waals surface area contributed by atoms with Crippen LogP contribution in [0.3, 0.4) is 0 Å². The van der Waals surface area contributed by atoms with Crippen LogP contribution in [0.4, 0.5) is 5.69 Å². The van der Waals surface area contributed by atoms with Gasteiger partial charge in [0.05, 0.1) is 6.42 Å². The molecule has 3 aromatic rings. The average molecular weight is 304 g/mol. The second-order valence-electron chi connectivity index (χ2n) is 5.28. The van der Waals surface area contributed by atoms with Gasteiger partial charge in [-0.2, -0.15) is 0 Å².